The van der Waals surface area contributed by atoms with Crippen LogP contribution in [-0.2, 0) is 4.79 Å². The Morgan fingerprint density at radius 3 is 2.62 bits per heavy atom. The number of benzene rings is 2. The highest BCUT2D eigenvalue weighted by atomic mass is 16.5. The molecule has 4 heteroatoms. The normalized spacial score (nSPS) is 20.1. The smallest absolute Gasteiger partial charge is 0.162 e. The fraction of sp³-hybridized carbons (Fsp3) is 0.280. The summed E-state index contributed by atoms with van der Waals surface area (Å²) in [6, 6.07) is 16.1. The first-order valence-electron chi connectivity index (χ1n) is 10.0. The summed E-state index contributed by atoms with van der Waals surface area (Å²) < 4.78 is 5.31. The second-order valence-electron chi connectivity index (χ2n) is 8.74. The molecule has 2 heterocycles. The van der Waals surface area contributed by atoms with Gasteiger partial charge in [0, 0.05) is 34.8 Å². The fourth-order valence-electron chi connectivity index (χ4n) is 4.76. The van der Waals surface area contributed by atoms with Crippen LogP contribution in [0.2, 0.25) is 0 Å². The Bertz CT molecular complexity index is 1160. The minimum absolute atomic E-state index is 0.0562. The Balaban J connectivity index is 1.76. The van der Waals surface area contributed by atoms with E-state index in [4.69, 9.17) is 4.74 Å². The molecule has 1 N–H and O–H groups in total. The van der Waals surface area contributed by atoms with Crippen molar-refractivity contribution in [3.8, 4) is 5.75 Å². The first kappa shape index (κ1) is 17.9. The van der Waals surface area contributed by atoms with E-state index in [-0.39, 0.29) is 17.2 Å². The highest BCUT2D eigenvalue weighted by Gasteiger charge is 2.40. The molecule has 0 fully saturated rings. The number of hydrogen-bond acceptors (Lipinski definition) is 4. The zero-order valence-corrected chi connectivity index (χ0v) is 17.0. The molecule has 1 atom stereocenters. The van der Waals surface area contributed by atoms with Crippen molar-refractivity contribution in [2.24, 2.45) is 5.41 Å². The van der Waals surface area contributed by atoms with Crippen LogP contribution in [0.15, 0.2) is 60.3 Å². The van der Waals surface area contributed by atoms with E-state index in [0.717, 1.165) is 45.5 Å². The molecular formula is C25H24N2O2. The van der Waals surface area contributed by atoms with E-state index in [0.29, 0.717) is 6.42 Å². The monoisotopic (exact) mass is 384 g/mol. The lowest BCUT2D eigenvalue weighted by Gasteiger charge is -2.40. The number of aromatic nitrogens is 1. The summed E-state index contributed by atoms with van der Waals surface area (Å²) in [5.41, 5.74) is 6.24. The number of methoxy groups -OCH3 is 1. The van der Waals surface area contributed by atoms with Crippen LogP contribution in [0.3, 0.4) is 0 Å². The van der Waals surface area contributed by atoms with Crippen LogP contribution in [-0.4, -0.2) is 17.9 Å². The predicted molar refractivity (Wildman–Crippen MR) is 116 cm³/mol. The molecular weight excluding hydrogens is 360 g/mol. The zero-order chi connectivity index (χ0) is 20.2. The molecule has 0 bridgehead atoms. The summed E-state index contributed by atoms with van der Waals surface area (Å²) >= 11 is 0. The average molecular weight is 384 g/mol. The summed E-state index contributed by atoms with van der Waals surface area (Å²) in [6.45, 7) is 4.37. The number of ketones is 1. The maximum absolute atomic E-state index is 13.4. The van der Waals surface area contributed by atoms with Gasteiger partial charge >= 0.3 is 0 Å². The highest BCUT2D eigenvalue weighted by Crippen LogP contribution is 2.51. The minimum atomic E-state index is -0.152. The van der Waals surface area contributed by atoms with Gasteiger partial charge in [0.15, 0.2) is 5.78 Å². The average Bonchev–Trinajstić information content (AvgIpc) is 2.72. The molecule has 2 aliphatic rings. The number of Topliss-reactive ketones (excluding diaryl/α,β-unsaturated/α-hetero) is 1. The third kappa shape index (κ3) is 2.91. The lowest BCUT2D eigenvalue weighted by molar-refractivity contribution is -0.118. The molecule has 0 unspecified atom stereocenters. The van der Waals surface area contributed by atoms with E-state index in [2.05, 4.69) is 36.3 Å². The van der Waals surface area contributed by atoms with Crippen molar-refractivity contribution in [3.05, 3.63) is 71.4 Å². The van der Waals surface area contributed by atoms with Crippen LogP contribution in [0.5, 0.6) is 5.75 Å². The Labute approximate surface area is 170 Å². The molecule has 1 aromatic heterocycles. The van der Waals surface area contributed by atoms with Crippen LogP contribution in [0.1, 0.15) is 43.9 Å². The molecule has 3 aromatic rings. The van der Waals surface area contributed by atoms with E-state index in [1.54, 1.807) is 7.11 Å². The molecule has 5 rings (SSSR count). The molecule has 29 heavy (non-hydrogen) atoms. The van der Waals surface area contributed by atoms with Crippen molar-refractivity contribution in [3.63, 3.8) is 0 Å². The van der Waals surface area contributed by atoms with Gasteiger partial charge in [0.25, 0.3) is 0 Å². The van der Waals surface area contributed by atoms with Crippen molar-refractivity contribution in [2.75, 3.05) is 12.4 Å². The number of pyridine rings is 1. The van der Waals surface area contributed by atoms with Gasteiger partial charge in [-0.1, -0.05) is 32.0 Å². The summed E-state index contributed by atoms with van der Waals surface area (Å²) in [5.74, 6) is 1.04. The van der Waals surface area contributed by atoms with Gasteiger partial charge in [-0.25, -0.2) is 0 Å². The largest absolute Gasteiger partial charge is 0.497 e. The zero-order valence-electron chi connectivity index (χ0n) is 17.0. The summed E-state index contributed by atoms with van der Waals surface area (Å²) in [4.78, 5) is 17.9. The number of carbonyl (C=O) groups is 1. The molecule has 146 valence electrons. The van der Waals surface area contributed by atoms with E-state index in [1.165, 1.54) is 5.57 Å². The van der Waals surface area contributed by atoms with E-state index >= 15 is 0 Å². The maximum Gasteiger partial charge on any atom is 0.162 e. The minimum Gasteiger partial charge on any atom is -0.497 e. The van der Waals surface area contributed by atoms with Crippen molar-refractivity contribution >= 4 is 27.9 Å². The summed E-state index contributed by atoms with van der Waals surface area (Å²) in [6.07, 6.45) is 3.26. The Kier molecular flexibility index (Phi) is 3.98. The standard InChI is InChI=1S/C25H24N2O2/c1-25(2)13-18-22-17-5-4-12-26-19(17)10-11-20(22)27-24(23(18)21(28)14-25)15-6-8-16(29-3)9-7-15/h4-12,24,27H,13-14H2,1-3H3/t24-/m1/s1. The van der Waals surface area contributed by atoms with Gasteiger partial charge in [0.1, 0.15) is 5.75 Å². The van der Waals surface area contributed by atoms with Gasteiger partial charge in [-0.2, -0.15) is 0 Å². The van der Waals surface area contributed by atoms with E-state index in [1.807, 2.05) is 42.6 Å². The predicted octanol–water partition coefficient (Wildman–Crippen LogP) is 5.55. The molecule has 1 aliphatic carbocycles. The lowest BCUT2D eigenvalue weighted by atomic mass is 9.68. The van der Waals surface area contributed by atoms with Gasteiger partial charge in [0.2, 0.25) is 0 Å². The van der Waals surface area contributed by atoms with Gasteiger partial charge in [0.05, 0.1) is 18.7 Å². The molecule has 0 radical (unpaired) electrons. The first-order valence-corrected chi connectivity index (χ1v) is 10.0. The molecule has 0 spiro atoms. The first-order chi connectivity index (χ1) is 14.0. The van der Waals surface area contributed by atoms with Crippen LogP contribution in [0.4, 0.5) is 5.69 Å². The second-order valence-corrected chi connectivity index (χ2v) is 8.74. The maximum atomic E-state index is 13.4. The van der Waals surface area contributed by atoms with Gasteiger partial charge in [-0.05, 0) is 53.3 Å². The SMILES string of the molecule is COc1ccc([C@H]2Nc3ccc4ncccc4c3C3=C2C(=O)CC(C)(C)C3)cc1. The quantitative estimate of drug-likeness (QED) is 0.629. The highest BCUT2D eigenvalue weighted by molar-refractivity contribution is 6.12. The molecule has 4 nitrogen and oxygen atoms in total. The number of carbonyl (C=O) groups excluding carboxylic acids is 1. The number of nitrogens with one attached hydrogen (secondary N) is 1. The van der Waals surface area contributed by atoms with Crippen molar-refractivity contribution in [2.45, 2.75) is 32.7 Å². The van der Waals surface area contributed by atoms with Crippen molar-refractivity contribution < 1.29 is 9.53 Å². The molecule has 0 saturated heterocycles. The Morgan fingerprint density at radius 2 is 1.86 bits per heavy atom. The summed E-state index contributed by atoms with van der Waals surface area (Å²) in [5, 5.41) is 4.75. The van der Waals surface area contributed by atoms with Gasteiger partial charge in [-0.3, -0.25) is 9.78 Å². The fourth-order valence-corrected chi connectivity index (χ4v) is 4.76. The molecule has 1 aliphatic heterocycles. The third-order valence-corrected chi connectivity index (χ3v) is 6.04. The number of anilines is 1. The Morgan fingerprint density at radius 1 is 1.07 bits per heavy atom. The van der Waals surface area contributed by atoms with E-state index in [9.17, 15) is 4.79 Å². The number of rotatable bonds is 2. The van der Waals surface area contributed by atoms with Crippen LogP contribution in [0.25, 0.3) is 16.5 Å². The number of fused-ring (bicyclic) bond motifs is 4. The van der Waals surface area contributed by atoms with Crippen LogP contribution < -0.4 is 10.1 Å². The third-order valence-electron chi connectivity index (χ3n) is 6.04. The molecule has 0 amide bonds. The van der Waals surface area contributed by atoms with Crippen molar-refractivity contribution in [1.82, 2.24) is 4.98 Å². The second kappa shape index (κ2) is 6.45. The van der Waals surface area contributed by atoms with Crippen LogP contribution in [0, 0.1) is 5.41 Å². The van der Waals surface area contributed by atoms with Crippen LogP contribution >= 0.6 is 0 Å². The Hall–Kier alpha value is -3.14. The van der Waals surface area contributed by atoms with Gasteiger partial charge in [-0.15, -0.1) is 0 Å². The molecule has 0 saturated carbocycles. The number of ether oxygens (including phenoxy) is 1. The molecule has 2 aromatic carbocycles. The topological polar surface area (TPSA) is 51.2 Å². The van der Waals surface area contributed by atoms with Crippen molar-refractivity contribution in [1.29, 1.82) is 0 Å². The number of allylic oxidation sites excluding steroid dienone is 1. The number of nitrogens with zero attached hydrogens (tertiary/aromatic N) is 1. The van der Waals surface area contributed by atoms with Gasteiger partial charge < -0.3 is 10.1 Å². The number of hydrogen-bond donors (Lipinski definition) is 1. The summed E-state index contributed by atoms with van der Waals surface area (Å²) in [7, 11) is 1.66. The lowest BCUT2D eigenvalue weighted by Crippen LogP contribution is -2.33. The van der Waals surface area contributed by atoms with E-state index < -0.39 is 0 Å².